The van der Waals surface area contributed by atoms with Gasteiger partial charge in [0.2, 0.25) is 10.0 Å². The van der Waals surface area contributed by atoms with Gasteiger partial charge in [-0.05, 0) is 37.3 Å². The van der Waals surface area contributed by atoms with Gasteiger partial charge in [-0.1, -0.05) is 23.7 Å². The van der Waals surface area contributed by atoms with Crippen molar-refractivity contribution in [2.75, 3.05) is 16.3 Å². The molecule has 0 fully saturated rings. The van der Waals surface area contributed by atoms with Crippen molar-refractivity contribution in [2.45, 2.75) is 13.0 Å². The summed E-state index contributed by atoms with van der Waals surface area (Å²) in [5.41, 5.74) is 0.212. The number of amides is 1. The molecule has 0 unspecified atom stereocenters. The number of para-hydroxylation sites is 1. The standard InChI is InChI=1S/C17H16ClFN2O5S/c1-10(16(22)20-11-7-8-14(19)13(18)9-11)26-17(23)12-5-3-4-6-15(12)21-27(2,24)25/h3-10,21H,1-2H3,(H,20,22)/t10-/m1/s1. The average molecular weight is 415 g/mol. The van der Waals surface area contributed by atoms with Crippen molar-refractivity contribution in [3.8, 4) is 0 Å². The second kappa shape index (κ2) is 8.36. The predicted octanol–water partition coefficient (Wildman–Crippen LogP) is 3.03. The van der Waals surface area contributed by atoms with Crippen LogP contribution in [0.3, 0.4) is 0 Å². The SMILES string of the molecule is C[C@@H](OC(=O)c1ccccc1NS(C)(=O)=O)C(=O)Nc1ccc(F)c(Cl)c1. The molecule has 2 aromatic carbocycles. The monoisotopic (exact) mass is 414 g/mol. The third-order valence-electron chi connectivity index (χ3n) is 3.28. The fraction of sp³-hybridized carbons (Fsp3) is 0.176. The van der Waals surface area contributed by atoms with Gasteiger partial charge in [0.25, 0.3) is 5.91 Å². The maximum atomic E-state index is 13.1. The molecule has 2 rings (SSSR count). The number of hydrogen-bond donors (Lipinski definition) is 2. The molecule has 144 valence electrons. The van der Waals surface area contributed by atoms with E-state index in [0.29, 0.717) is 0 Å². The lowest BCUT2D eigenvalue weighted by Gasteiger charge is -2.15. The summed E-state index contributed by atoms with van der Waals surface area (Å²) in [5, 5.41) is 2.27. The number of nitrogens with one attached hydrogen (secondary N) is 2. The second-order valence-electron chi connectivity index (χ2n) is 5.59. The van der Waals surface area contributed by atoms with Gasteiger partial charge in [-0.25, -0.2) is 17.6 Å². The third kappa shape index (κ3) is 5.93. The number of anilines is 2. The molecule has 7 nitrogen and oxygen atoms in total. The van der Waals surface area contributed by atoms with E-state index < -0.39 is 33.8 Å². The van der Waals surface area contributed by atoms with Gasteiger partial charge in [0.15, 0.2) is 6.10 Å². The molecule has 2 N–H and O–H groups in total. The van der Waals surface area contributed by atoms with Crippen molar-refractivity contribution in [3.63, 3.8) is 0 Å². The van der Waals surface area contributed by atoms with Crippen LogP contribution in [0.1, 0.15) is 17.3 Å². The molecular weight excluding hydrogens is 399 g/mol. The smallest absolute Gasteiger partial charge is 0.341 e. The zero-order valence-corrected chi connectivity index (χ0v) is 15.9. The minimum atomic E-state index is -3.61. The first-order chi connectivity index (χ1) is 12.6. The zero-order valence-electron chi connectivity index (χ0n) is 14.3. The summed E-state index contributed by atoms with van der Waals surface area (Å²) in [7, 11) is -3.61. The van der Waals surface area contributed by atoms with Crippen LogP contribution in [-0.2, 0) is 19.6 Å². The quantitative estimate of drug-likeness (QED) is 0.707. The largest absolute Gasteiger partial charge is 0.449 e. The highest BCUT2D eigenvalue weighted by Gasteiger charge is 2.22. The molecule has 0 bridgehead atoms. The highest BCUT2D eigenvalue weighted by molar-refractivity contribution is 7.92. The van der Waals surface area contributed by atoms with Gasteiger partial charge in [-0.15, -0.1) is 0 Å². The Morgan fingerprint density at radius 2 is 1.85 bits per heavy atom. The van der Waals surface area contributed by atoms with E-state index in [1.54, 1.807) is 6.07 Å². The summed E-state index contributed by atoms with van der Waals surface area (Å²) >= 11 is 5.64. The number of ether oxygens (including phenoxy) is 1. The first-order valence-electron chi connectivity index (χ1n) is 7.60. The fourth-order valence-corrected chi connectivity index (χ4v) is 2.80. The summed E-state index contributed by atoms with van der Waals surface area (Å²) in [6, 6.07) is 9.42. The molecule has 0 heterocycles. The molecule has 1 atom stereocenters. The molecule has 0 aliphatic heterocycles. The Labute approximate surface area is 160 Å². The number of carbonyl (C=O) groups excluding carboxylic acids is 2. The molecular formula is C17H16ClFN2O5S. The number of carbonyl (C=O) groups is 2. The van der Waals surface area contributed by atoms with Gasteiger partial charge in [0, 0.05) is 5.69 Å². The van der Waals surface area contributed by atoms with Crippen LogP contribution in [0.25, 0.3) is 0 Å². The Morgan fingerprint density at radius 1 is 1.19 bits per heavy atom. The zero-order chi connectivity index (χ0) is 20.2. The first-order valence-corrected chi connectivity index (χ1v) is 9.87. The normalized spacial score (nSPS) is 12.1. The van der Waals surface area contributed by atoms with Gasteiger partial charge >= 0.3 is 5.97 Å². The number of benzene rings is 2. The number of esters is 1. The molecule has 0 saturated heterocycles. The fourth-order valence-electron chi connectivity index (χ4n) is 2.05. The van der Waals surface area contributed by atoms with E-state index in [-0.39, 0.29) is 22.0 Å². The molecule has 0 spiro atoms. The van der Waals surface area contributed by atoms with Crippen LogP contribution >= 0.6 is 11.6 Å². The molecule has 0 aliphatic rings. The molecule has 1 amide bonds. The number of sulfonamides is 1. The first kappa shape index (κ1) is 20.7. The maximum Gasteiger partial charge on any atom is 0.341 e. The van der Waals surface area contributed by atoms with Gasteiger partial charge in [-0.2, -0.15) is 0 Å². The molecule has 27 heavy (non-hydrogen) atoms. The Morgan fingerprint density at radius 3 is 2.48 bits per heavy atom. The Kier molecular flexibility index (Phi) is 6.40. The Balaban J connectivity index is 2.09. The maximum absolute atomic E-state index is 13.1. The van der Waals surface area contributed by atoms with Crippen LogP contribution < -0.4 is 10.0 Å². The second-order valence-corrected chi connectivity index (χ2v) is 7.74. The van der Waals surface area contributed by atoms with Crippen LogP contribution in [0, 0.1) is 5.82 Å². The number of rotatable bonds is 6. The lowest BCUT2D eigenvalue weighted by atomic mass is 10.2. The Bertz CT molecular complexity index is 981. The summed E-state index contributed by atoms with van der Waals surface area (Å²) in [6.07, 6.45) is -0.258. The van der Waals surface area contributed by atoms with Crippen LogP contribution in [0.4, 0.5) is 15.8 Å². The van der Waals surface area contributed by atoms with Crippen molar-refractivity contribution in [1.29, 1.82) is 0 Å². The van der Waals surface area contributed by atoms with Crippen LogP contribution in [0.2, 0.25) is 5.02 Å². The van der Waals surface area contributed by atoms with E-state index in [9.17, 15) is 22.4 Å². The number of halogens is 2. The van der Waals surface area contributed by atoms with Crippen LogP contribution in [0.5, 0.6) is 0 Å². The highest BCUT2D eigenvalue weighted by Crippen LogP contribution is 2.21. The number of hydrogen-bond acceptors (Lipinski definition) is 5. The molecule has 0 radical (unpaired) electrons. The lowest BCUT2D eigenvalue weighted by Crippen LogP contribution is -2.30. The minimum Gasteiger partial charge on any atom is -0.449 e. The molecule has 0 saturated carbocycles. The van der Waals surface area contributed by atoms with Crippen molar-refractivity contribution >= 4 is 44.9 Å². The summed E-state index contributed by atoms with van der Waals surface area (Å²) in [4.78, 5) is 24.5. The average Bonchev–Trinajstić information content (AvgIpc) is 2.57. The van der Waals surface area contributed by atoms with E-state index in [2.05, 4.69) is 10.0 Å². The van der Waals surface area contributed by atoms with E-state index in [4.69, 9.17) is 16.3 Å². The summed E-state index contributed by atoms with van der Waals surface area (Å²) in [6.45, 7) is 1.34. The van der Waals surface area contributed by atoms with Crippen molar-refractivity contribution in [1.82, 2.24) is 0 Å². The van der Waals surface area contributed by atoms with Crippen molar-refractivity contribution in [3.05, 3.63) is 58.9 Å². The van der Waals surface area contributed by atoms with Gasteiger partial charge in [0.05, 0.1) is 22.5 Å². The van der Waals surface area contributed by atoms with E-state index in [0.717, 1.165) is 12.3 Å². The summed E-state index contributed by atoms with van der Waals surface area (Å²) < 4.78 is 43.2. The van der Waals surface area contributed by atoms with E-state index in [1.165, 1.54) is 37.3 Å². The highest BCUT2D eigenvalue weighted by atomic mass is 35.5. The van der Waals surface area contributed by atoms with Crippen molar-refractivity contribution in [2.24, 2.45) is 0 Å². The van der Waals surface area contributed by atoms with E-state index in [1.807, 2.05) is 0 Å². The van der Waals surface area contributed by atoms with E-state index >= 15 is 0 Å². The molecule has 10 heteroatoms. The topological polar surface area (TPSA) is 102 Å². The van der Waals surface area contributed by atoms with Crippen molar-refractivity contribution < 1.29 is 27.1 Å². The van der Waals surface area contributed by atoms with Gasteiger partial charge < -0.3 is 10.1 Å². The van der Waals surface area contributed by atoms with Gasteiger partial charge in [-0.3, -0.25) is 9.52 Å². The third-order valence-corrected chi connectivity index (χ3v) is 4.16. The molecule has 0 aromatic heterocycles. The van der Waals surface area contributed by atoms with Crippen LogP contribution in [-0.4, -0.2) is 32.7 Å². The molecule has 2 aromatic rings. The van der Waals surface area contributed by atoms with Gasteiger partial charge in [0.1, 0.15) is 5.82 Å². The minimum absolute atomic E-state index is 0.0305. The predicted molar refractivity (Wildman–Crippen MR) is 99.8 cm³/mol. The Hall–Kier alpha value is -2.65. The summed E-state index contributed by atoms with van der Waals surface area (Å²) in [5.74, 6) is -2.19. The molecule has 0 aliphatic carbocycles. The lowest BCUT2D eigenvalue weighted by molar-refractivity contribution is -0.123. The van der Waals surface area contributed by atoms with Crippen LogP contribution in [0.15, 0.2) is 42.5 Å².